The summed E-state index contributed by atoms with van der Waals surface area (Å²) in [6.07, 6.45) is 2.40. The summed E-state index contributed by atoms with van der Waals surface area (Å²) in [5, 5.41) is 12.3. The molecule has 1 fully saturated rings. The molecule has 1 aromatic rings. The maximum atomic E-state index is 9.20. The fourth-order valence-corrected chi connectivity index (χ4v) is 1.53. The van der Waals surface area contributed by atoms with Crippen LogP contribution in [0, 0.1) is 5.92 Å². The zero-order valence-corrected chi connectivity index (χ0v) is 7.97. The fraction of sp³-hybridized carbons (Fsp3) is 0.300. The second-order valence-electron chi connectivity index (χ2n) is 3.31. The second kappa shape index (κ2) is 3.34. The molecular formula is C10H11NOS. The van der Waals surface area contributed by atoms with E-state index in [0.717, 1.165) is 10.7 Å². The van der Waals surface area contributed by atoms with Gasteiger partial charge in [-0.1, -0.05) is 18.3 Å². The average molecular weight is 193 g/mol. The molecule has 0 aromatic heterocycles. The molecule has 0 amide bonds. The Kier molecular flexibility index (Phi) is 2.19. The highest BCUT2D eigenvalue weighted by Crippen LogP contribution is 2.31. The van der Waals surface area contributed by atoms with E-state index < -0.39 is 0 Å². The Balaban J connectivity index is 2.04. The molecule has 1 aliphatic rings. The molecule has 1 aliphatic carbocycles. The first kappa shape index (κ1) is 8.51. The van der Waals surface area contributed by atoms with Gasteiger partial charge in [0.05, 0.1) is 4.99 Å². The lowest BCUT2D eigenvalue weighted by Gasteiger charge is -2.06. The number of nitrogens with one attached hydrogen (secondary N) is 1. The summed E-state index contributed by atoms with van der Waals surface area (Å²) in [7, 11) is 0. The molecule has 3 heteroatoms. The van der Waals surface area contributed by atoms with Gasteiger partial charge in [0.25, 0.3) is 0 Å². The van der Waals surface area contributed by atoms with E-state index in [1.807, 2.05) is 6.07 Å². The van der Waals surface area contributed by atoms with E-state index >= 15 is 0 Å². The molecule has 0 radical (unpaired) electrons. The monoisotopic (exact) mass is 193 g/mol. The fourth-order valence-electron chi connectivity index (χ4n) is 1.17. The summed E-state index contributed by atoms with van der Waals surface area (Å²) in [5.74, 6) is 0.834. The van der Waals surface area contributed by atoms with Gasteiger partial charge in [0.2, 0.25) is 0 Å². The minimum Gasteiger partial charge on any atom is -0.508 e. The molecule has 13 heavy (non-hydrogen) atoms. The lowest BCUT2D eigenvalue weighted by molar-refractivity contribution is 0.475. The topological polar surface area (TPSA) is 32.3 Å². The van der Waals surface area contributed by atoms with Crippen molar-refractivity contribution in [1.82, 2.24) is 0 Å². The molecule has 2 rings (SSSR count). The van der Waals surface area contributed by atoms with Crippen LogP contribution < -0.4 is 5.32 Å². The maximum absolute atomic E-state index is 9.20. The number of aromatic hydroxyl groups is 1. The summed E-state index contributed by atoms with van der Waals surface area (Å²) in [4.78, 5) is 0.894. The minimum absolute atomic E-state index is 0.267. The van der Waals surface area contributed by atoms with Gasteiger partial charge in [0.1, 0.15) is 5.75 Å². The predicted octanol–water partition coefficient (Wildman–Crippen LogP) is 2.54. The van der Waals surface area contributed by atoms with Crippen LogP contribution in [0.1, 0.15) is 12.8 Å². The van der Waals surface area contributed by atoms with Crippen LogP contribution in [0.5, 0.6) is 5.75 Å². The highest BCUT2D eigenvalue weighted by atomic mass is 32.1. The molecular weight excluding hydrogens is 182 g/mol. The molecule has 1 aromatic carbocycles. The first-order chi connectivity index (χ1) is 6.25. The van der Waals surface area contributed by atoms with Crippen LogP contribution in [-0.4, -0.2) is 10.1 Å². The second-order valence-corrected chi connectivity index (χ2v) is 3.75. The molecule has 0 spiro atoms. The van der Waals surface area contributed by atoms with Gasteiger partial charge in [0, 0.05) is 17.7 Å². The molecule has 1 saturated carbocycles. The van der Waals surface area contributed by atoms with Crippen molar-refractivity contribution in [1.29, 1.82) is 0 Å². The van der Waals surface area contributed by atoms with Crippen LogP contribution in [0.25, 0.3) is 0 Å². The third-order valence-corrected chi connectivity index (χ3v) is 2.50. The smallest absolute Gasteiger partial charge is 0.117 e. The van der Waals surface area contributed by atoms with Gasteiger partial charge in [0.15, 0.2) is 0 Å². The van der Waals surface area contributed by atoms with Crippen LogP contribution in [0.15, 0.2) is 24.3 Å². The van der Waals surface area contributed by atoms with Crippen LogP contribution in [-0.2, 0) is 0 Å². The maximum Gasteiger partial charge on any atom is 0.117 e. The van der Waals surface area contributed by atoms with Crippen molar-refractivity contribution in [3.8, 4) is 5.75 Å². The van der Waals surface area contributed by atoms with E-state index in [-0.39, 0.29) is 5.75 Å². The Morgan fingerprint density at radius 2 is 2.23 bits per heavy atom. The standard InChI is InChI=1S/C10H11NOS/c12-9-3-1-2-8(6-9)11-10(13)7-4-5-7/h1-3,6-7,12H,4-5H2,(H,11,13). The Labute approximate surface area is 82.6 Å². The Hall–Kier alpha value is -1.09. The van der Waals surface area contributed by atoms with Gasteiger partial charge in [-0.05, 0) is 25.0 Å². The van der Waals surface area contributed by atoms with Crippen LogP contribution in [0.4, 0.5) is 5.69 Å². The van der Waals surface area contributed by atoms with Gasteiger partial charge in [-0.3, -0.25) is 0 Å². The molecule has 0 aliphatic heterocycles. The normalized spacial score (nSPS) is 15.4. The van der Waals surface area contributed by atoms with Gasteiger partial charge in [-0.15, -0.1) is 0 Å². The van der Waals surface area contributed by atoms with Crippen molar-refractivity contribution in [3.05, 3.63) is 24.3 Å². The van der Waals surface area contributed by atoms with Crippen molar-refractivity contribution in [2.24, 2.45) is 5.92 Å². The molecule has 0 heterocycles. The first-order valence-electron chi connectivity index (χ1n) is 4.35. The molecule has 0 unspecified atom stereocenters. The van der Waals surface area contributed by atoms with E-state index in [4.69, 9.17) is 12.2 Å². The van der Waals surface area contributed by atoms with Gasteiger partial charge in [-0.2, -0.15) is 0 Å². The lowest BCUT2D eigenvalue weighted by atomic mass is 10.3. The molecule has 2 N–H and O–H groups in total. The number of hydrogen-bond donors (Lipinski definition) is 2. The number of phenols is 1. The lowest BCUT2D eigenvalue weighted by Crippen LogP contribution is -2.10. The Morgan fingerprint density at radius 3 is 2.85 bits per heavy atom. The number of benzene rings is 1. The molecule has 68 valence electrons. The van der Waals surface area contributed by atoms with Crippen molar-refractivity contribution >= 4 is 22.9 Å². The number of thiocarbonyl (C=S) groups is 1. The predicted molar refractivity (Wildman–Crippen MR) is 57.1 cm³/mol. The zero-order chi connectivity index (χ0) is 9.26. The number of phenolic OH excluding ortho intramolecular Hbond substituents is 1. The van der Waals surface area contributed by atoms with Gasteiger partial charge in [-0.25, -0.2) is 0 Å². The molecule has 0 bridgehead atoms. The largest absolute Gasteiger partial charge is 0.508 e. The summed E-state index contributed by atoms with van der Waals surface area (Å²) >= 11 is 5.17. The SMILES string of the molecule is Oc1cccc(NC(=S)C2CC2)c1. The molecule has 0 saturated heterocycles. The van der Waals surface area contributed by atoms with Crippen LogP contribution >= 0.6 is 12.2 Å². The van der Waals surface area contributed by atoms with E-state index in [0.29, 0.717) is 5.92 Å². The summed E-state index contributed by atoms with van der Waals surface area (Å²) in [6, 6.07) is 7.02. The van der Waals surface area contributed by atoms with Gasteiger partial charge < -0.3 is 10.4 Å². The highest BCUT2D eigenvalue weighted by molar-refractivity contribution is 7.80. The van der Waals surface area contributed by atoms with Gasteiger partial charge >= 0.3 is 0 Å². The third-order valence-electron chi connectivity index (χ3n) is 2.06. The Morgan fingerprint density at radius 1 is 1.46 bits per heavy atom. The zero-order valence-electron chi connectivity index (χ0n) is 7.16. The average Bonchev–Trinajstić information content (AvgIpc) is 2.85. The first-order valence-corrected chi connectivity index (χ1v) is 4.76. The number of anilines is 1. The summed E-state index contributed by atoms with van der Waals surface area (Å²) in [6.45, 7) is 0. The number of rotatable bonds is 2. The summed E-state index contributed by atoms with van der Waals surface area (Å²) in [5.41, 5.74) is 0.872. The quantitative estimate of drug-likeness (QED) is 0.708. The minimum atomic E-state index is 0.267. The van der Waals surface area contributed by atoms with Crippen molar-refractivity contribution in [3.63, 3.8) is 0 Å². The Bertz CT molecular complexity index is 333. The molecule has 0 atom stereocenters. The highest BCUT2D eigenvalue weighted by Gasteiger charge is 2.26. The van der Waals surface area contributed by atoms with E-state index in [1.54, 1.807) is 18.2 Å². The van der Waals surface area contributed by atoms with Crippen LogP contribution in [0.2, 0.25) is 0 Å². The van der Waals surface area contributed by atoms with Crippen molar-refractivity contribution < 1.29 is 5.11 Å². The van der Waals surface area contributed by atoms with Crippen LogP contribution in [0.3, 0.4) is 0 Å². The molecule has 2 nitrogen and oxygen atoms in total. The third kappa shape index (κ3) is 2.18. The van der Waals surface area contributed by atoms with E-state index in [1.165, 1.54) is 12.8 Å². The van der Waals surface area contributed by atoms with Crippen molar-refractivity contribution in [2.45, 2.75) is 12.8 Å². The number of hydrogen-bond acceptors (Lipinski definition) is 2. The summed E-state index contributed by atoms with van der Waals surface area (Å²) < 4.78 is 0. The van der Waals surface area contributed by atoms with E-state index in [2.05, 4.69) is 5.32 Å². The van der Waals surface area contributed by atoms with E-state index in [9.17, 15) is 5.11 Å². The van der Waals surface area contributed by atoms with Crippen molar-refractivity contribution in [2.75, 3.05) is 5.32 Å².